The highest BCUT2D eigenvalue weighted by Crippen LogP contribution is 2.28. The van der Waals surface area contributed by atoms with E-state index in [1.165, 1.54) is 11.8 Å². The zero-order valence-corrected chi connectivity index (χ0v) is 19.5. The van der Waals surface area contributed by atoms with Gasteiger partial charge in [0.15, 0.2) is 11.0 Å². The molecule has 0 bridgehead atoms. The number of nitrogens with zero attached hydrogens (tertiary/aromatic N) is 5. The lowest BCUT2D eigenvalue weighted by atomic mass is 10.1. The number of aromatic nitrogens is 4. The lowest BCUT2D eigenvalue weighted by Gasteiger charge is -2.24. The van der Waals surface area contributed by atoms with E-state index in [9.17, 15) is 10.1 Å². The Bertz CT molecular complexity index is 1300. The third kappa shape index (κ3) is 4.99. The second kappa shape index (κ2) is 9.35. The van der Waals surface area contributed by atoms with E-state index in [0.717, 1.165) is 11.3 Å². The van der Waals surface area contributed by atoms with E-state index in [1.807, 2.05) is 90.6 Å². The maximum atomic E-state index is 12.8. The van der Waals surface area contributed by atoms with Gasteiger partial charge in [-0.3, -0.25) is 9.36 Å². The number of carbonyl (C=O) groups excluding carboxylic acids is 1. The first-order chi connectivity index (χ1) is 15.9. The molecule has 0 saturated heterocycles. The summed E-state index contributed by atoms with van der Waals surface area (Å²) in [6, 6.07) is 23.5. The summed E-state index contributed by atoms with van der Waals surface area (Å²) in [4.78, 5) is 12.8. The molecule has 1 amide bonds. The number of hydrogen-bond acceptors (Lipinski definition) is 5. The van der Waals surface area contributed by atoms with Crippen LogP contribution < -0.4 is 5.32 Å². The summed E-state index contributed by atoms with van der Waals surface area (Å²) >= 11 is 1.31. The van der Waals surface area contributed by atoms with Crippen LogP contribution in [0, 0.1) is 11.3 Å². The molecule has 166 valence electrons. The summed E-state index contributed by atoms with van der Waals surface area (Å²) in [6.07, 6.45) is 1.75. The topological polar surface area (TPSA) is 88.5 Å². The first-order valence-electron chi connectivity index (χ1n) is 10.5. The van der Waals surface area contributed by atoms with E-state index >= 15 is 0 Å². The van der Waals surface area contributed by atoms with Gasteiger partial charge < -0.3 is 9.88 Å². The van der Waals surface area contributed by atoms with Gasteiger partial charge in [0.1, 0.15) is 11.9 Å². The summed E-state index contributed by atoms with van der Waals surface area (Å²) in [5.74, 6) is 1.28. The first-order valence-corrected chi connectivity index (χ1v) is 11.5. The van der Waals surface area contributed by atoms with E-state index in [0.29, 0.717) is 22.4 Å². The molecule has 0 saturated carbocycles. The highest BCUT2D eigenvalue weighted by molar-refractivity contribution is 7.99. The standard InChI is InChI=1S/C25H24N6OS/c1-25(2,3)30-16-18(15-26)14-21(30)27-22(32)17-33-24-29-28-23(19-10-6-4-7-11-19)31(24)20-12-8-5-9-13-20/h4-14,16H,17H2,1-3H3,(H,27,32). The Hall–Kier alpha value is -3.83. The molecule has 0 spiro atoms. The number of benzene rings is 2. The Balaban J connectivity index is 1.57. The molecule has 0 aliphatic heterocycles. The predicted octanol–water partition coefficient (Wildman–Crippen LogP) is 5.09. The molecule has 0 fully saturated rings. The highest BCUT2D eigenvalue weighted by Gasteiger charge is 2.21. The Morgan fingerprint density at radius 3 is 2.36 bits per heavy atom. The maximum absolute atomic E-state index is 12.8. The molecule has 4 rings (SSSR count). The molecule has 0 aliphatic rings. The molecule has 33 heavy (non-hydrogen) atoms. The number of hydrogen-bond donors (Lipinski definition) is 1. The van der Waals surface area contributed by atoms with Crippen LogP contribution >= 0.6 is 11.8 Å². The van der Waals surface area contributed by atoms with E-state index in [2.05, 4.69) is 21.6 Å². The number of para-hydroxylation sites is 1. The van der Waals surface area contributed by atoms with Crippen LogP contribution in [0.25, 0.3) is 17.1 Å². The van der Waals surface area contributed by atoms with Crippen LogP contribution in [0.4, 0.5) is 5.82 Å². The van der Waals surface area contributed by atoms with Crippen LogP contribution in [-0.2, 0) is 10.3 Å². The van der Waals surface area contributed by atoms with Gasteiger partial charge >= 0.3 is 0 Å². The molecule has 2 aromatic heterocycles. The van der Waals surface area contributed by atoms with Crippen LogP contribution in [0.2, 0.25) is 0 Å². The summed E-state index contributed by atoms with van der Waals surface area (Å²) < 4.78 is 3.85. The molecule has 0 aliphatic carbocycles. The molecule has 0 radical (unpaired) electrons. The van der Waals surface area contributed by atoms with E-state index in [-0.39, 0.29) is 17.2 Å². The molecule has 1 N–H and O–H groups in total. The van der Waals surface area contributed by atoms with Gasteiger partial charge in [0.05, 0.1) is 11.3 Å². The predicted molar refractivity (Wildman–Crippen MR) is 130 cm³/mol. The number of amides is 1. The average molecular weight is 457 g/mol. The van der Waals surface area contributed by atoms with Gasteiger partial charge in [-0.1, -0.05) is 60.3 Å². The number of thioether (sulfide) groups is 1. The van der Waals surface area contributed by atoms with Crippen LogP contribution in [0.3, 0.4) is 0 Å². The van der Waals surface area contributed by atoms with Crippen LogP contribution in [0.1, 0.15) is 26.3 Å². The molecule has 4 aromatic rings. The van der Waals surface area contributed by atoms with Crippen molar-refractivity contribution in [2.45, 2.75) is 31.5 Å². The minimum Gasteiger partial charge on any atom is -0.328 e. The lowest BCUT2D eigenvalue weighted by molar-refractivity contribution is -0.113. The Morgan fingerprint density at radius 2 is 1.73 bits per heavy atom. The number of nitriles is 1. The fourth-order valence-corrected chi connectivity index (χ4v) is 4.18. The number of anilines is 1. The smallest absolute Gasteiger partial charge is 0.235 e. The number of nitrogens with one attached hydrogen (secondary N) is 1. The minimum atomic E-state index is -0.275. The Morgan fingerprint density at radius 1 is 1.06 bits per heavy atom. The summed E-state index contributed by atoms with van der Waals surface area (Å²) in [5.41, 5.74) is 2.09. The van der Waals surface area contributed by atoms with Crippen molar-refractivity contribution >= 4 is 23.5 Å². The zero-order valence-electron chi connectivity index (χ0n) is 18.7. The Kier molecular flexibility index (Phi) is 6.33. The summed E-state index contributed by atoms with van der Waals surface area (Å²) in [6.45, 7) is 6.06. The van der Waals surface area contributed by atoms with Crippen LogP contribution in [0.5, 0.6) is 0 Å². The molecular formula is C25H24N6OS. The van der Waals surface area contributed by atoms with Gasteiger partial charge in [0, 0.05) is 23.0 Å². The van der Waals surface area contributed by atoms with Crippen molar-refractivity contribution in [2.24, 2.45) is 0 Å². The number of rotatable bonds is 6. The lowest BCUT2D eigenvalue weighted by Crippen LogP contribution is -2.25. The molecule has 7 nitrogen and oxygen atoms in total. The summed E-state index contributed by atoms with van der Waals surface area (Å²) in [5, 5.41) is 21.6. The van der Waals surface area contributed by atoms with Crippen molar-refractivity contribution in [1.29, 1.82) is 5.26 Å². The average Bonchev–Trinajstić information content (AvgIpc) is 3.43. The SMILES string of the molecule is CC(C)(C)n1cc(C#N)cc1NC(=O)CSc1nnc(-c2ccccc2)n1-c1ccccc1. The van der Waals surface area contributed by atoms with Crippen molar-refractivity contribution in [3.05, 3.63) is 78.5 Å². The fraction of sp³-hybridized carbons (Fsp3) is 0.200. The van der Waals surface area contributed by atoms with Crippen molar-refractivity contribution in [3.63, 3.8) is 0 Å². The van der Waals surface area contributed by atoms with Crippen molar-refractivity contribution in [3.8, 4) is 23.1 Å². The van der Waals surface area contributed by atoms with Gasteiger partial charge in [0.2, 0.25) is 5.91 Å². The third-order valence-electron chi connectivity index (χ3n) is 4.95. The molecule has 8 heteroatoms. The van der Waals surface area contributed by atoms with Gasteiger partial charge in [-0.05, 0) is 39.0 Å². The first kappa shape index (κ1) is 22.4. The fourth-order valence-electron chi connectivity index (χ4n) is 3.43. The molecule has 0 unspecified atom stereocenters. The third-order valence-corrected chi connectivity index (χ3v) is 5.88. The highest BCUT2D eigenvalue weighted by atomic mass is 32.2. The van der Waals surface area contributed by atoms with Crippen LogP contribution in [0.15, 0.2) is 78.1 Å². The second-order valence-electron chi connectivity index (χ2n) is 8.45. The number of carbonyl (C=O) groups is 1. The van der Waals surface area contributed by atoms with Gasteiger partial charge in [-0.15, -0.1) is 10.2 Å². The quantitative estimate of drug-likeness (QED) is 0.408. The van der Waals surface area contributed by atoms with E-state index < -0.39 is 0 Å². The van der Waals surface area contributed by atoms with E-state index in [1.54, 1.807) is 12.3 Å². The molecule has 2 aromatic carbocycles. The zero-order chi connectivity index (χ0) is 23.4. The molecule has 0 atom stereocenters. The monoisotopic (exact) mass is 456 g/mol. The second-order valence-corrected chi connectivity index (χ2v) is 9.39. The van der Waals surface area contributed by atoms with Gasteiger partial charge in [-0.2, -0.15) is 5.26 Å². The van der Waals surface area contributed by atoms with Crippen molar-refractivity contribution in [1.82, 2.24) is 19.3 Å². The van der Waals surface area contributed by atoms with Crippen molar-refractivity contribution < 1.29 is 4.79 Å². The molecular weight excluding hydrogens is 432 g/mol. The normalized spacial score (nSPS) is 11.2. The van der Waals surface area contributed by atoms with Gasteiger partial charge in [0.25, 0.3) is 0 Å². The maximum Gasteiger partial charge on any atom is 0.235 e. The van der Waals surface area contributed by atoms with Crippen LogP contribution in [-0.4, -0.2) is 31.0 Å². The largest absolute Gasteiger partial charge is 0.328 e. The summed E-state index contributed by atoms with van der Waals surface area (Å²) in [7, 11) is 0. The van der Waals surface area contributed by atoms with Gasteiger partial charge in [-0.25, -0.2) is 0 Å². The van der Waals surface area contributed by atoms with Crippen molar-refractivity contribution in [2.75, 3.05) is 11.1 Å². The minimum absolute atomic E-state index is 0.150. The van der Waals surface area contributed by atoms with E-state index in [4.69, 9.17) is 0 Å². The molecule has 2 heterocycles. The Labute approximate surface area is 197 Å².